The van der Waals surface area contributed by atoms with Crippen molar-refractivity contribution in [2.24, 2.45) is 0 Å². The van der Waals surface area contributed by atoms with Crippen LogP contribution in [0, 0.1) is 12.7 Å². The molecule has 0 aliphatic rings. The maximum Gasteiger partial charge on any atom is 0.446 e. The third-order valence-corrected chi connectivity index (χ3v) is 5.31. The lowest BCUT2D eigenvalue weighted by Gasteiger charge is -2.16. The lowest BCUT2D eigenvalue weighted by atomic mass is 9.91. The molecule has 7 heteroatoms. The minimum atomic E-state index is -4.34. The normalized spacial score (nSPS) is 11.7. The Bertz CT molecular complexity index is 1040. The van der Waals surface area contributed by atoms with Crippen molar-refractivity contribution in [2.75, 3.05) is 0 Å². The van der Waals surface area contributed by atoms with E-state index in [-0.39, 0.29) is 29.1 Å². The van der Waals surface area contributed by atoms with E-state index in [0.29, 0.717) is 6.42 Å². The van der Waals surface area contributed by atoms with Gasteiger partial charge in [-0.05, 0) is 88.5 Å². The summed E-state index contributed by atoms with van der Waals surface area (Å²) >= 11 is -0.163. The molecule has 0 spiro atoms. The van der Waals surface area contributed by atoms with Crippen LogP contribution in [0.3, 0.4) is 0 Å². The van der Waals surface area contributed by atoms with Crippen molar-refractivity contribution in [3.8, 4) is 0 Å². The van der Waals surface area contributed by atoms with Gasteiger partial charge in [-0.15, -0.1) is 0 Å². The molecule has 2 nitrogen and oxygen atoms in total. The third kappa shape index (κ3) is 5.50. The molecule has 0 aliphatic carbocycles. The van der Waals surface area contributed by atoms with Crippen molar-refractivity contribution in [3.05, 3.63) is 76.6 Å². The summed E-state index contributed by atoms with van der Waals surface area (Å²) in [4.78, 5) is 11.3. The molecule has 29 heavy (non-hydrogen) atoms. The standard InChI is InChI=1S/C22H18F4O2S/c1-13-17(12-28-14(2)27)10-16-5-6-18(23)11-21(16)20(13)9-15-3-7-19(8-4-15)29-22(24,25)26/h3-8,10-11H,9,12H2,1-2H3. The number of rotatable bonds is 5. The van der Waals surface area contributed by atoms with Crippen molar-refractivity contribution in [1.29, 1.82) is 0 Å². The molecule has 0 fully saturated rings. The molecule has 3 aromatic rings. The van der Waals surface area contributed by atoms with E-state index >= 15 is 0 Å². The van der Waals surface area contributed by atoms with Gasteiger partial charge in [-0.25, -0.2) is 4.39 Å². The molecule has 0 aromatic heterocycles. The highest BCUT2D eigenvalue weighted by molar-refractivity contribution is 8.00. The number of halogens is 4. The van der Waals surface area contributed by atoms with Crippen LogP contribution in [0.5, 0.6) is 0 Å². The number of hydrogen-bond acceptors (Lipinski definition) is 3. The largest absolute Gasteiger partial charge is 0.461 e. The Morgan fingerprint density at radius 3 is 2.38 bits per heavy atom. The highest BCUT2D eigenvalue weighted by Gasteiger charge is 2.29. The van der Waals surface area contributed by atoms with Crippen molar-refractivity contribution < 1.29 is 27.1 Å². The van der Waals surface area contributed by atoms with Gasteiger partial charge in [-0.2, -0.15) is 13.2 Å². The maximum atomic E-state index is 13.9. The molecule has 3 aromatic carbocycles. The van der Waals surface area contributed by atoms with E-state index in [4.69, 9.17) is 4.74 Å². The zero-order valence-corrected chi connectivity index (χ0v) is 16.6. The first-order valence-electron chi connectivity index (χ1n) is 8.81. The minimum absolute atomic E-state index is 0.0998. The van der Waals surface area contributed by atoms with Gasteiger partial charge in [0.2, 0.25) is 0 Å². The first kappa shape index (κ1) is 21.2. The van der Waals surface area contributed by atoms with Gasteiger partial charge in [0.25, 0.3) is 0 Å². The Hall–Kier alpha value is -2.54. The number of hydrogen-bond donors (Lipinski definition) is 0. The number of alkyl halides is 3. The molecule has 152 valence electrons. The van der Waals surface area contributed by atoms with Crippen LogP contribution >= 0.6 is 11.8 Å². The van der Waals surface area contributed by atoms with Crippen LogP contribution in [0.25, 0.3) is 10.8 Å². The van der Waals surface area contributed by atoms with E-state index in [2.05, 4.69) is 0 Å². The SMILES string of the molecule is CC(=O)OCc1cc2ccc(F)cc2c(Cc2ccc(SC(F)(F)F)cc2)c1C. The van der Waals surface area contributed by atoms with Crippen LogP contribution in [-0.2, 0) is 22.6 Å². The third-order valence-electron chi connectivity index (χ3n) is 4.57. The Kier molecular flexibility index (Phi) is 6.17. The van der Waals surface area contributed by atoms with E-state index in [1.54, 1.807) is 18.2 Å². The highest BCUT2D eigenvalue weighted by Crippen LogP contribution is 2.37. The Labute approximate surface area is 169 Å². The van der Waals surface area contributed by atoms with Crippen LogP contribution in [0.2, 0.25) is 0 Å². The molecule has 0 bridgehead atoms. The van der Waals surface area contributed by atoms with Gasteiger partial charge >= 0.3 is 11.5 Å². The molecule has 0 N–H and O–H groups in total. The van der Waals surface area contributed by atoms with Crippen molar-refractivity contribution in [3.63, 3.8) is 0 Å². The number of fused-ring (bicyclic) bond motifs is 1. The molecule has 0 radical (unpaired) electrons. The number of ether oxygens (including phenoxy) is 1. The molecule has 0 amide bonds. The summed E-state index contributed by atoms with van der Waals surface area (Å²) in [5.41, 5.74) is -1.02. The van der Waals surface area contributed by atoms with Crippen LogP contribution in [-0.4, -0.2) is 11.5 Å². The van der Waals surface area contributed by atoms with E-state index in [9.17, 15) is 22.4 Å². The van der Waals surface area contributed by atoms with Gasteiger partial charge in [-0.3, -0.25) is 4.79 Å². The maximum absolute atomic E-state index is 13.9. The average molecular weight is 422 g/mol. The van der Waals surface area contributed by atoms with Gasteiger partial charge in [0.15, 0.2) is 0 Å². The van der Waals surface area contributed by atoms with E-state index in [1.807, 2.05) is 13.0 Å². The van der Waals surface area contributed by atoms with Gasteiger partial charge in [0, 0.05) is 11.8 Å². The fourth-order valence-electron chi connectivity index (χ4n) is 3.18. The van der Waals surface area contributed by atoms with Crippen LogP contribution in [0.4, 0.5) is 17.6 Å². The molecular formula is C22H18F4O2S. The number of benzene rings is 3. The van der Waals surface area contributed by atoms with Gasteiger partial charge in [0.05, 0.1) is 0 Å². The lowest BCUT2D eigenvalue weighted by molar-refractivity contribution is -0.142. The lowest BCUT2D eigenvalue weighted by Crippen LogP contribution is -2.04. The smallest absolute Gasteiger partial charge is 0.446 e. The number of carbonyl (C=O) groups excluding carboxylic acids is 1. The monoisotopic (exact) mass is 422 g/mol. The minimum Gasteiger partial charge on any atom is -0.461 e. The quantitative estimate of drug-likeness (QED) is 0.265. The first-order valence-corrected chi connectivity index (χ1v) is 9.63. The molecule has 3 rings (SSSR count). The Balaban J connectivity index is 1.99. The zero-order valence-electron chi connectivity index (χ0n) is 15.8. The van der Waals surface area contributed by atoms with Crippen molar-refractivity contribution >= 4 is 28.5 Å². The topological polar surface area (TPSA) is 26.3 Å². The van der Waals surface area contributed by atoms with Gasteiger partial charge < -0.3 is 4.74 Å². The summed E-state index contributed by atoms with van der Waals surface area (Å²) in [6, 6.07) is 12.5. The molecule has 0 aliphatic heterocycles. The van der Waals surface area contributed by atoms with Crippen LogP contribution < -0.4 is 0 Å². The van der Waals surface area contributed by atoms with Crippen molar-refractivity contribution in [1.82, 2.24) is 0 Å². The first-order chi connectivity index (χ1) is 13.6. The average Bonchev–Trinajstić information content (AvgIpc) is 2.63. The Morgan fingerprint density at radius 2 is 1.76 bits per heavy atom. The fourth-order valence-corrected chi connectivity index (χ4v) is 3.72. The van der Waals surface area contributed by atoms with Crippen LogP contribution in [0.1, 0.15) is 29.2 Å². The van der Waals surface area contributed by atoms with Gasteiger partial charge in [-0.1, -0.05) is 18.2 Å². The molecular weight excluding hydrogens is 404 g/mol. The molecule has 0 atom stereocenters. The highest BCUT2D eigenvalue weighted by atomic mass is 32.2. The number of thioether (sulfide) groups is 1. The predicted molar refractivity (Wildman–Crippen MR) is 105 cm³/mol. The molecule has 0 heterocycles. The number of esters is 1. The Morgan fingerprint density at radius 1 is 1.07 bits per heavy atom. The number of carbonyl (C=O) groups is 1. The predicted octanol–water partition coefficient (Wildman–Crippen LogP) is 6.55. The summed E-state index contributed by atoms with van der Waals surface area (Å²) in [5, 5.41) is 1.53. The molecule has 0 unspecified atom stereocenters. The van der Waals surface area contributed by atoms with E-state index in [0.717, 1.165) is 33.0 Å². The summed E-state index contributed by atoms with van der Waals surface area (Å²) in [6.07, 6.45) is 0.413. The summed E-state index contributed by atoms with van der Waals surface area (Å²) in [5.74, 6) is -0.772. The second-order valence-corrected chi connectivity index (χ2v) is 7.79. The second kappa shape index (κ2) is 8.45. The van der Waals surface area contributed by atoms with Crippen LogP contribution in [0.15, 0.2) is 53.4 Å². The molecule has 0 saturated heterocycles. The zero-order chi connectivity index (χ0) is 21.2. The second-order valence-electron chi connectivity index (χ2n) is 6.65. The summed E-state index contributed by atoms with van der Waals surface area (Å²) in [7, 11) is 0. The summed E-state index contributed by atoms with van der Waals surface area (Å²) in [6.45, 7) is 3.29. The van der Waals surface area contributed by atoms with E-state index in [1.165, 1.54) is 31.2 Å². The fraction of sp³-hybridized carbons (Fsp3) is 0.227. The molecule has 0 saturated carbocycles. The summed E-state index contributed by atoms with van der Waals surface area (Å²) < 4.78 is 56.6. The van der Waals surface area contributed by atoms with Crippen molar-refractivity contribution in [2.45, 2.75) is 37.3 Å². The van der Waals surface area contributed by atoms with Gasteiger partial charge in [0.1, 0.15) is 12.4 Å². The van der Waals surface area contributed by atoms with E-state index < -0.39 is 11.5 Å².